The summed E-state index contributed by atoms with van der Waals surface area (Å²) in [4.78, 5) is 24.7. The number of aliphatic hydroxyl groups excluding tert-OH is 2. The molecule has 1 amide bonds. The maximum absolute atomic E-state index is 12.5. The molecule has 2 atom stereocenters. The summed E-state index contributed by atoms with van der Waals surface area (Å²) in [6.45, 7) is 4.97. The van der Waals surface area contributed by atoms with E-state index in [1.807, 2.05) is 0 Å². The number of amides is 1. The highest BCUT2D eigenvalue weighted by Gasteiger charge is 2.20. The molecule has 3 N–H and O–H groups in total. The molecule has 0 aliphatic carbocycles. The van der Waals surface area contributed by atoms with E-state index in [9.17, 15) is 19.8 Å². The maximum Gasteiger partial charge on any atom is 0.305 e. The molecular weight excluding hydrogens is 1100 g/mol. The Kier molecular flexibility index (Phi) is 77.3. The van der Waals surface area contributed by atoms with Gasteiger partial charge >= 0.3 is 5.97 Å². The van der Waals surface area contributed by atoms with Gasteiger partial charge in [-0.1, -0.05) is 396 Å². The van der Waals surface area contributed by atoms with Crippen LogP contribution in [0.5, 0.6) is 0 Å². The van der Waals surface area contributed by atoms with Crippen molar-refractivity contribution in [2.45, 2.75) is 463 Å². The van der Waals surface area contributed by atoms with E-state index < -0.39 is 12.1 Å². The van der Waals surface area contributed by atoms with Crippen LogP contribution in [0.25, 0.3) is 0 Å². The zero-order valence-electron chi connectivity index (χ0n) is 60.9. The summed E-state index contributed by atoms with van der Waals surface area (Å²) in [5.74, 6) is -0.0118. The quantitative estimate of drug-likeness (QED) is 0.0320. The number of aliphatic hydroxyl groups is 2. The molecule has 0 fully saturated rings. The van der Waals surface area contributed by atoms with Crippen LogP contribution in [0, 0.1) is 0 Å². The van der Waals surface area contributed by atoms with Gasteiger partial charge in [-0.05, 0) is 89.9 Å². The lowest BCUT2D eigenvalue weighted by atomic mass is 10.0. The molecule has 0 saturated heterocycles. The molecule has 0 heterocycles. The lowest BCUT2D eigenvalue weighted by molar-refractivity contribution is -0.143. The minimum Gasteiger partial charge on any atom is -0.466 e. The minimum atomic E-state index is -0.662. The van der Waals surface area contributed by atoms with Crippen LogP contribution in [0.1, 0.15) is 450 Å². The number of carbonyl (C=O) groups excluding carboxylic acids is 2. The second-order valence-electron chi connectivity index (χ2n) is 28.1. The maximum atomic E-state index is 12.5. The summed E-state index contributed by atoms with van der Waals surface area (Å²) in [7, 11) is 0. The first-order chi connectivity index (χ1) is 44.5. The van der Waals surface area contributed by atoms with Gasteiger partial charge in [-0.2, -0.15) is 0 Å². The predicted octanol–water partition coefficient (Wildman–Crippen LogP) is 27.2. The average molecular weight is 1260 g/mol. The van der Waals surface area contributed by atoms with Crippen molar-refractivity contribution in [3.05, 3.63) is 48.6 Å². The third-order valence-corrected chi connectivity index (χ3v) is 19.1. The standard InChI is InChI=1S/C84H159NO5/c1-3-5-7-9-11-13-15-17-19-20-42-46-50-54-58-62-66-70-74-78-84(89)90-79-75-71-67-63-59-55-51-47-44-41-39-37-35-33-31-29-27-25-23-21-22-24-26-28-30-32-34-36-38-40-43-45-49-53-57-61-65-69-73-77-83(88)85-81(80-86)82(87)76-72-68-64-60-56-52-48-18-16-14-12-10-8-6-4-2/h11,13,17,19,21-22,25,27,81-82,86-87H,3-10,12,14-16,18,20,23-24,26,28-80H2,1-2H3,(H,85,88)/b13-11-,19-17-,22-21-,27-25-. The van der Waals surface area contributed by atoms with Crippen molar-refractivity contribution in [3.63, 3.8) is 0 Å². The van der Waals surface area contributed by atoms with Gasteiger partial charge < -0.3 is 20.3 Å². The van der Waals surface area contributed by atoms with Gasteiger partial charge in [0.05, 0.1) is 25.4 Å². The van der Waals surface area contributed by atoms with Crippen LogP contribution in [0.15, 0.2) is 48.6 Å². The smallest absolute Gasteiger partial charge is 0.305 e. The number of esters is 1. The van der Waals surface area contributed by atoms with Gasteiger partial charge in [0, 0.05) is 12.8 Å². The number of ether oxygens (including phenoxy) is 1. The molecule has 0 aromatic carbocycles. The van der Waals surface area contributed by atoms with Gasteiger partial charge in [0.25, 0.3) is 0 Å². The fraction of sp³-hybridized carbons (Fsp3) is 0.881. The molecule has 0 radical (unpaired) electrons. The van der Waals surface area contributed by atoms with Crippen LogP contribution in [0.3, 0.4) is 0 Å². The monoisotopic (exact) mass is 1260 g/mol. The first kappa shape index (κ1) is 87.8. The Balaban J connectivity index is 3.34. The number of unbranched alkanes of at least 4 members (excludes halogenated alkanes) is 58. The Labute approximate surface area is 563 Å². The van der Waals surface area contributed by atoms with E-state index in [1.54, 1.807) is 0 Å². The van der Waals surface area contributed by atoms with Crippen molar-refractivity contribution in [1.29, 1.82) is 0 Å². The third kappa shape index (κ3) is 74.9. The summed E-state index contributed by atoms with van der Waals surface area (Å²) >= 11 is 0. The molecule has 0 spiro atoms. The van der Waals surface area contributed by atoms with E-state index in [1.165, 1.54) is 360 Å². The largest absolute Gasteiger partial charge is 0.466 e. The summed E-state index contributed by atoms with van der Waals surface area (Å²) in [5.41, 5.74) is 0. The Morgan fingerprint density at radius 1 is 0.311 bits per heavy atom. The molecule has 90 heavy (non-hydrogen) atoms. The van der Waals surface area contributed by atoms with E-state index in [0.29, 0.717) is 25.9 Å². The lowest BCUT2D eigenvalue weighted by Crippen LogP contribution is -2.45. The van der Waals surface area contributed by atoms with Gasteiger partial charge in [-0.25, -0.2) is 0 Å². The summed E-state index contributed by atoms with van der Waals surface area (Å²) in [5, 5.41) is 23.4. The van der Waals surface area contributed by atoms with Gasteiger partial charge in [-0.15, -0.1) is 0 Å². The summed E-state index contributed by atoms with van der Waals surface area (Å²) < 4.78 is 5.52. The van der Waals surface area contributed by atoms with Gasteiger partial charge in [0.15, 0.2) is 0 Å². The van der Waals surface area contributed by atoms with Crippen LogP contribution in [0.2, 0.25) is 0 Å². The third-order valence-electron chi connectivity index (χ3n) is 19.1. The zero-order valence-corrected chi connectivity index (χ0v) is 60.9. The van der Waals surface area contributed by atoms with Gasteiger partial charge in [0.2, 0.25) is 5.91 Å². The zero-order chi connectivity index (χ0) is 64.9. The molecule has 530 valence electrons. The predicted molar refractivity (Wildman–Crippen MR) is 398 cm³/mol. The molecule has 0 aliphatic rings. The van der Waals surface area contributed by atoms with E-state index in [4.69, 9.17) is 4.74 Å². The number of hydrogen-bond donors (Lipinski definition) is 3. The fourth-order valence-corrected chi connectivity index (χ4v) is 12.9. The lowest BCUT2D eigenvalue weighted by Gasteiger charge is -2.22. The van der Waals surface area contributed by atoms with Crippen molar-refractivity contribution in [2.75, 3.05) is 13.2 Å². The van der Waals surface area contributed by atoms with Crippen LogP contribution in [-0.4, -0.2) is 47.4 Å². The summed E-state index contributed by atoms with van der Waals surface area (Å²) in [6, 6.07) is -0.539. The van der Waals surface area contributed by atoms with Crippen molar-refractivity contribution in [3.8, 4) is 0 Å². The molecule has 0 aromatic rings. The number of carbonyl (C=O) groups is 2. The molecular formula is C84H159NO5. The van der Waals surface area contributed by atoms with E-state index in [-0.39, 0.29) is 18.5 Å². The molecule has 0 saturated carbocycles. The average Bonchev–Trinajstić information content (AvgIpc) is 3.68. The van der Waals surface area contributed by atoms with Crippen molar-refractivity contribution >= 4 is 11.9 Å². The van der Waals surface area contributed by atoms with Crippen LogP contribution in [-0.2, 0) is 14.3 Å². The van der Waals surface area contributed by atoms with E-state index in [2.05, 4.69) is 67.8 Å². The Morgan fingerprint density at radius 3 is 0.867 bits per heavy atom. The highest BCUT2D eigenvalue weighted by molar-refractivity contribution is 5.76. The normalized spacial score (nSPS) is 12.7. The van der Waals surface area contributed by atoms with Crippen LogP contribution in [0.4, 0.5) is 0 Å². The number of hydrogen-bond acceptors (Lipinski definition) is 5. The first-order valence-electron chi connectivity index (χ1n) is 40.9. The SMILES string of the molecule is CCCCC/C=C\C/C=C\CCCCCCCCCCCC(=O)OCCCCCCCCCCCCCCCCC/C=C\C/C=C\CCCCCCCCCCCCCCCCCCCC(=O)NC(CO)C(O)CCCCCCCCCCCCCCCCC. The minimum absolute atomic E-state index is 0.0170. The molecule has 0 aromatic heterocycles. The van der Waals surface area contributed by atoms with E-state index in [0.717, 1.165) is 57.8 Å². The molecule has 0 rings (SSSR count). The Hall–Kier alpha value is -2.18. The van der Waals surface area contributed by atoms with Gasteiger partial charge in [-0.3, -0.25) is 9.59 Å². The van der Waals surface area contributed by atoms with Crippen LogP contribution < -0.4 is 5.32 Å². The number of rotatable bonds is 77. The first-order valence-corrected chi connectivity index (χ1v) is 40.9. The summed E-state index contributed by atoms with van der Waals surface area (Å²) in [6.07, 6.45) is 105. The van der Waals surface area contributed by atoms with Crippen molar-refractivity contribution < 1.29 is 24.5 Å². The molecule has 6 nitrogen and oxygen atoms in total. The van der Waals surface area contributed by atoms with Crippen LogP contribution >= 0.6 is 0 Å². The molecule has 2 unspecified atom stereocenters. The molecule has 6 heteroatoms. The highest BCUT2D eigenvalue weighted by atomic mass is 16.5. The molecule has 0 bridgehead atoms. The topological polar surface area (TPSA) is 95.9 Å². The van der Waals surface area contributed by atoms with Gasteiger partial charge in [0.1, 0.15) is 0 Å². The highest BCUT2D eigenvalue weighted by Crippen LogP contribution is 2.20. The number of allylic oxidation sites excluding steroid dienone is 8. The molecule has 0 aliphatic heterocycles. The second kappa shape index (κ2) is 79.3. The Morgan fingerprint density at radius 2 is 0.556 bits per heavy atom. The second-order valence-corrected chi connectivity index (χ2v) is 28.1. The van der Waals surface area contributed by atoms with Crippen molar-refractivity contribution in [2.24, 2.45) is 0 Å². The Bertz CT molecular complexity index is 1500. The fourth-order valence-electron chi connectivity index (χ4n) is 12.9. The van der Waals surface area contributed by atoms with Crippen molar-refractivity contribution in [1.82, 2.24) is 5.32 Å². The van der Waals surface area contributed by atoms with E-state index >= 15 is 0 Å². The number of nitrogens with one attached hydrogen (secondary N) is 1.